The standard InChI is InChI=1S/C28H26N4O4/c1-18-11-12-23(13-19(18)2)32-16-21(14-26(32)33)27(34)29-22-9-6-10-24(15-22)35-17-25-30-31-28(36-25)20-7-4-3-5-8-20/h3-13,15,21H,14,16-17H2,1-2H3,(H,29,34). The predicted octanol–water partition coefficient (Wildman–Crippen LogP) is 4.92. The minimum absolute atomic E-state index is 0.0510. The summed E-state index contributed by atoms with van der Waals surface area (Å²) in [6.45, 7) is 4.49. The number of nitrogens with one attached hydrogen (secondary N) is 1. The normalized spacial score (nSPS) is 15.2. The molecule has 8 heteroatoms. The average molecular weight is 483 g/mol. The number of carbonyl (C=O) groups is 2. The highest BCUT2D eigenvalue weighted by Crippen LogP contribution is 2.28. The third-order valence-corrected chi connectivity index (χ3v) is 6.25. The Morgan fingerprint density at radius 2 is 1.86 bits per heavy atom. The van der Waals surface area contributed by atoms with Crippen molar-refractivity contribution in [1.29, 1.82) is 0 Å². The summed E-state index contributed by atoms with van der Waals surface area (Å²) in [7, 11) is 0. The van der Waals surface area contributed by atoms with E-state index in [4.69, 9.17) is 9.15 Å². The smallest absolute Gasteiger partial charge is 0.254 e. The summed E-state index contributed by atoms with van der Waals surface area (Å²) in [4.78, 5) is 27.2. The second kappa shape index (κ2) is 10.0. The lowest BCUT2D eigenvalue weighted by atomic mass is 10.1. The van der Waals surface area contributed by atoms with Gasteiger partial charge in [0, 0.05) is 36.0 Å². The molecule has 1 aliphatic heterocycles. The van der Waals surface area contributed by atoms with Crippen LogP contribution in [-0.2, 0) is 16.2 Å². The third kappa shape index (κ3) is 5.12. The first-order valence-corrected chi connectivity index (χ1v) is 11.8. The fraction of sp³-hybridized carbons (Fsp3) is 0.214. The molecule has 1 N–H and O–H groups in total. The highest BCUT2D eigenvalue weighted by molar-refractivity contribution is 6.03. The molecule has 1 unspecified atom stereocenters. The summed E-state index contributed by atoms with van der Waals surface area (Å²) < 4.78 is 11.5. The Hall–Kier alpha value is -4.46. The van der Waals surface area contributed by atoms with Gasteiger partial charge in [0.05, 0.1) is 5.92 Å². The van der Waals surface area contributed by atoms with Crippen LogP contribution in [0.2, 0.25) is 0 Å². The lowest BCUT2D eigenvalue weighted by Crippen LogP contribution is -2.28. The van der Waals surface area contributed by atoms with Gasteiger partial charge in [0.15, 0.2) is 6.61 Å². The summed E-state index contributed by atoms with van der Waals surface area (Å²) in [5.74, 6) is 0.640. The van der Waals surface area contributed by atoms with Crippen LogP contribution in [0.25, 0.3) is 11.5 Å². The monoisotopic (exact) mass is 482 g/mol. The summed E-state index contributed by atoms with van der Waals surface area (Å²) in [5, 5.41) is 11.0. The zero-order chi connectivity index (χ0) is 25.1. The molecule has 0 radical (unpaired) electrons. The molecule has 1 saturated heterocycles. The Labute approximate surface area is 208 Å². The molecule has 0 bridgehead atoms. The van der Waals surface area contributed by atoms with Crippen LogP contribution in [0.3, 0.4) is 0 Å². The SMILES string of the molecule is Cc1ccc(N2CC(C(=O)Nc3cccc(OCc4nnc(-c5ccccc5)o4)c3)CC2=O)cc1C. The lowest BCUT2D eigenvalue weighted by Gasteiger charge is -2.18. The highest BCUT2D eigenvalue weighted by Gasteiger charge is 2.35. The van der Waals surface area contributed by atoms with E-state index in [1.54, 1.807) is 29.2 Å². The van der Waals surface area contributed by atoms with Crippen LogP contribution >= 0.6 is 0 Å². The van der Waals surface area contributed by atoms with Crippen LogP contribution in [0.5, 0.6) is 5.75 Å². The molecular weight excluding hydrogens is 456 g/mol. The molecule has 2 heterocycles. The van der Waals surface area contributed by atoms with Crippen molar-refractivity contribution in [2.75, 3.05) is 16.8 Å². The minimum Gasteiger partial charge on any atom is -0.484 e. The van der Waals surface area contributed by atoms with Crippen molar-refractivity contribution >= 4 is 23.2 Å². The van der Waals surface area contributed by atoms with Crippen molar-refractivity contribution in [3.63, 3.8) is 0 Å². The molecule has 1 aromatic heterocycles. The van der Waals surface area contributed by atoms with Gasteiger partial charge < -0.3 is 19.4 Å². The molecule has 5 rings (SSSR count). The van der Waals surface area contributed by atoms with Crippen molar-refractivity contribution in [2.24, 2.45) is 5.92 Å². The molecule has 182 valence electrons. The maximum Gasteiger partial charge on any atom is 0.254 e. The Balaban J connectivity index is 1.19. The summed E-state index contributed by atoms with van der Waals surface area (Å²) in [6, 6.07) is 22.5. The molecule has 1 aliphatic rings. The van der Waals surface area contributed by atoms with Gasteiger partial charge in [-0.3, -0.25) is 9.59 Å². The van der Waals surface area contributed by atoms with E-state index in [9.17, 15) is 9.59 Å². The summed E-state index contributed by atoms with van der Waals surface area (Å²) in [5.41, 5.74) is 4.53. The number of carbonyl (C=O) groups excluding carboxylic acids is 2. The number of hydrogen-bond donors (Lipinski definition) is 1. The molecule has 36 heavy (non-hydrogen) atoms. The van der Waals surface area contributed by atoms with Gasteiger partial charge in [0.2, 0.25) is 17.7 Å². The van der Waals surface area contributed by atoms with Crippen LogP contribution in [-0.4, -0.2) is 28.6 Å². The van der Waals surface area contributed by atoms with E-state index in [0.717, 1.165) is 22.4 Å². The van der Waals surface area contributed by atoms with E-state index < -0.39 is 5.92 Å². The molecule has 2 amide bonds. The van der Waals surface area contributed by atoms with E-state index in [-0.39, 0.29) is 24.8 Å². The van der Waals surface area contributed by atoms with Crippen LogP contribution < -0.4 is 15.0 Å². The Morgan fingerprint density at radius 3 is 2.67 bits per heavy atom. The van der Waals surface area contributed by atoms with E-state index in [0.29, 0.717) is 29.8 Å². The van der Waals surface area contributed by atoms with Crippen molar-refractivity contribution < 1.29 is 18.7 Å². The molecule has 0 aliphatic carbocycles. The van der Waals surface area contributed by atoms with Gasteiger partial charge in [0.25, 0.3) is 5.89 Å². The van der Waals surface area contributed by atoms with Crippen LogP contribution in [0.15, 0.2) is 77.2 Å². The van der Waals surface area contributed by atoms with Gasteiger partial charge in [-0.25, -0.2) is 0 Å². The highest BCUT2D eigenvalue weighted by atomic mass is 16.5. The number of nitrogens with zero attached hydrogens (tertiary/aromatic N) is 3. The van der Waals surface area contributed by atoms with Crippen molar-refractivity contribution in [3.05, 3.63) is 89.8 Å². The molecule has 0 spiro atoms. The first-order chi connectivity index (χ1) is 17.5. The van der Waals surface area contributed by atoms with E-state index >= 15 is 0 Å². The quantitative estimate of drug-likeness (QED) is 0.401. The van der Waals surface area contributed by atoms with E-state index in [2.05, 4.69) is 15.5 Å². The zero-order valence-electron chi connectivity index (χ0n) is 20.1. The minimum atomic E-state index is -0.432. The van der Waals surface area contributed by atoms with Crippen molar-refractivity contribution in [1.82, 2.24) is 10.2 Å². The van der Waals surface area contributed by atoms with Crippen molar-refractivity contribution in [2.45, 2.75) is 26.9 Å². The van der Waals surface area contributed by atoms with Crippen LogP contribution in [0.1, 0.15) is 23.4 Å². The predicted molar refractivity (Wildman–Crippen MR) is 136 cm³/mol. The second-order valence-corrected chi connectivity index (χ2v) is 8.85. The molecule has 4 aromatic rings. The topological polar surface area (TPSA) is 97.6 Å². The van der Waals surface area contributed by atoms with Gasteiger partial charge in [-0.1, -0.05) is 30.3 Å². The first kappa shape index (κ1) is 23.3. The number of aromatic nitrogens is 2. The Bertz CT molecular complexity index is 1400. The Morgan fingerprint density at radius 1 is 1.03 bits per heavy atom. The number of ether oxygens (including phenoxy) is 1. The first-order valence-electron chi connectivity index (χ1n) is 11.8. The number of rotatable bonds is 7. The lowest BCUT2D eigenvalue weighted by molar-refractivity contribution is -0.122. The third-order valence-electron chi connectivity index (χ3n) is 6.25. The number of anilines is 2. The number of aryl methyl sites for hydroxylation is 2. The zero-order valence-corrected chi connectivity index (χ0v) is 20.1. The summed E-state index contributed by atoms with van der Waals surface area (Å²) in [6.07, 6.45) is 0.176. The molecule has 8 nitrogen and oxygen atoms in total. The van der Waals surface area contributed by atoms with Crippen LogP contribution in [0, 0.1) is 19.8 Å². The van der Waals surface area contributed by atoms with Crippen LogP contribution in [0.4, 0.5) is 11.4 Å². The van der Waals surface area contributed by atoms with Gasteiger partial charge in [-0.15, -0.1) is 10.2 Å². The average Bonchev–Trinajstić information content (AvgIpc) is 3.52. The van der Waals surface area contributed by atoms with Gasteiger partial charge >= 0.3 is 0 Å². The molecule has 0 saturated carbocycles. The van der Waals surface area contributed by atoms with Gasteiger partial charge in [0.1, 0.15) is 5.75 Å². The maximum absolute atomic E-state index is 12.9. The number of hydrogen-bond acceptors (Lipinski definition) is 6. The van der Waals surface area contributed by atoms with Gasteiger partial charge in [-0.2, -0.15) is 0 Å². The molecule has 3 aromatic carbocycles. The largest absolute Gasteiger partial charge is 0.484 e. The van der Waals surface area contributed by atoms with E-state index in [1.807, 2.05) is 62.4 Å². The maximum atomic E-state index is 12.9. The fourth-order valence-corrected chi connectivity index (χ4v) is 4.09. The fourth-order valence-electron chi connectivity index (χ4n) is 4.09. The number of amides is 2. The molecule has 1 fully saturated rings. The number of benzene rings is 3. The van der Waals surface area contributed by atoms with Gasteiger partial charge in [-0.05, 0) is 61.4 Å². The molecule has 1 atom stereocenters. The van der Waals surface area contributed by atoms with Crippen molar-refractivity contribution in [3.8, 4) is 17.2 Å². The van der Waals surface area contributed by atoms with E-state index in [1.165, 1.54) is 0 Å². The second-order valence-electron chi connectivity index (χ2n) is 8.85. The summed E-state index contributed by atoms with van der Waals surface area (Å²) >= 11 is 0. The Kier molecular flexibility index (Phi) is 6.49. The molecular formula is C28H26N4O4.